The van der Waals surface area contributed by atoms with E-state index in [1.165, 1.54) is 50.8 Å². The molecule has 3 fully saturated rings. The summed E-state index contributed by atoms with van der Waals surface area (Å²) in [7, 11) is 0. The van der Waals surface area contributed by atoms with Gasteiger partial charge < -0.3 is 10.2 Å². The molecule has 2 heterocycles. The average molecular weight is 330 g/mol. The minimum Gasteiger partial charge on any atom is -0.352 e. The van der Waals surface area contributed by atoms with Crippen LogP contribution in [0.3, 0.4) is 0 Å². The van der Waals surface area contributed by atoms with Gasteiger partial charge in [-0.25, -0.2) is 0 Å². The summed E-state index contributed by atoms with van der Waals surface area (Å²) in [6.07, 6.45) is 13.2. The highest BCUT2D eigenvalue weighted by Crippen LogP contribution is 2.42. The number of rotatable bonds is 8. The Morgan fingerprint density at radius 3 is 2.83 bits per heavy atom. The second kappa shape index (κ2) is 7.26. The van der Waals surface area contributed by atoms with Gasteiger partial charge in [0.05, 0.1) is 6.20 Å². The maximum absolute atomic E-state index is 12.4. The first-order valence-electron chi connectivity index (χ1n) is 9.77. The van der Waals surface area contributed by atoms with E-state index in [1.807, 2.05) is 12.4 Å². The largest absolute Gasteiger partial charge is 0.352 e. The minimum atomic E-state index is 0.236. The Labute approximate surface area is 144 Å². The number of likely N-dealkylation sites (tertiary alicyclic amines) is 1. The van der Waals surface area contributed by atoms with E-state index >= 15 is 0 Å². The van der Waals surface area contributed by atoms with Crippen molar-refractivity contribution < 1.29 is 4.79 Å². The molecule has 1 aliphatic heterocycles. The lowest BCUT2D eigenvalue weighted by molar-refractivity contribution is -0.122. The number of carbonyl (C=O) groups excluding carboxylic acids is 1. The number of hydrogen-bond acceptors (Lipinski definition) is 3. The monoisotopic (exact) mass is 330 g/mol. The van der Waals surface area contributed by atoms with E-state index in [1.54, 1.807) is 0 Å². The normalized spacial score (nSPS) is 28.0. The highest BCUT2D eigenvalue weighted by molar-refractivity contribution is 5.76. The van der Waals surface area contributed by atoms with Crippen molar-refractivity contribution in [1.82, 2.24) is 20.4 Å². The van der Waals surface area contributed by atoms with E-state index in [4.69, 9.17) is 0 Å². The smallest absolute Gasteiger partial charge is 0.220 e. The Bertz CT molecular complexity index is 536. The molecule has 24 heavy (non-hydrogen) atoms. The van der Waals surface area contributed by atoms with Gasteiger partial charge in [0.25, 0.3) is 0 Å². The number of aryl methyl sites for hydroxylation is 1. The lowest BCUT2D eigenvalue weighted by atomic mass is 9.85. The van der Waals surface area contributed by atoms with Gasteiger partial charge in [-0.15, -0.1) is 0 Å². The molecule has 0 spiro atoms. The van der Waals surface area contributed by atoms with Crippen LogP contribution in [0, 0.1) is 17.8 Å². The zero-order valence-corrected chi connectivity index (χ0v) is 14.5. The maximum atomic E-state index is 12.4. The van der Waals surface area contributed by atoms with Gasteiger partial charge in [0.15, 0.2) is 0 Å². The summed E-state index contributed by atoms with van der Waals surface area (Å²) in [5, 5.41) is 10.1. The third-order valence-corrected chi connectivity index (χ3v) is 6.18. The standard InChI is InChI=1S/C19H30N4O/c24-19(6-2-5-15-9-20-21-10-15)22-18-13-23(11-14-3-1-4-14)12-17(18)16-7-8-16/h9-10,14,16-18H,1-8,11-13H2,(H,20,21)(H,22,24)/t17-,18+/m1/s1. The van der Waals surface area contributed by atoms with E-state index in [-0.39, 0.29) is 5.91 Å². The summed E-state index contributed by atoms with van der Waals surface area (Å²) in [5.74, 6) is 2.73. The van der Waals surface area contributed by atoms with Crippen LogP contribution in [-0.4, -0.2) is 46.7 Å². The Morgan fingerprint density at radius 2 is 2.17 bits per heavy atom. The number of aromatic nitrogens is 2. The minimum absolute atomic E-state index is 0.236. The van der Waals surface area contributed by atoms with Crippen LogP contribution in [0.1, 0.15) is 50.5 Å². The molecule has 1 saturated heterocycles. The summed E-state index contributed by atoms with van der Waals surface area (Å²) in [6.45, 7) is 3.54. The lowest BCUT2D eigenvalue weighted by Gasteiger charge is -2.30. The topological polar surface area (TPSA) is 61.0 Å². The Morgan fingerprint density at radius 1 is 1.29 bits per heavy atom. The molecule has 0 radical (unpaired) electrons. The first-order chi connectivity index (χ1) is 11.8. The number of hydrogen-bond donors (Lipinski definition) is 2. The highest BCUT2D eigenvalue weighted by atomic mass is 16.1. The van der Waals surface area contributed by atoms with Crippen molar-refractivity contribution in [3.63, 3.8) is 0 Å². The molecule has 0 unspecified atom stereocenters. The molecule has 0 bridgehead atoms. The van der Waals surface area contributed by atoms with Crippen LogP contribution < -0.4 is 5.32 Å². The summed E-state index contributed by atoms with van der Waals surface area (Å²) in [6, 6.07) is 0.388. The van der Waals surface area contributed by atoms with Crippen LogP contribution in [0.2, 0.25) is 0 Å². The molecule has 1 aromatic rings. The zero-order chi connectivity index (χ0) is 16.4. The fourth-order valence-corrected chi connectivity index (χ4v) is 4.40. The quantitative estimate of drug-likeness (QED) is 0.769. The van der Waals surface area contributed by atoms with Gasteiger partial charge >= 0.3 is 0 Å². The molecule has 3 aliphatic rings. The molecule has 5 heteroatoms. The van der Waals surface area contributed by atoms with Gasteiger partial charge in [-0.3, -0.25) is 9.89 Å². The summed E-state index contributed by atoms with van der Waals surface area (Å²) >= 11 is 0. The van der Waals surface area contributed by atoms with Gasteiger partial charge in [0, 0.05) is 38.3 Å². The number of nitrogens with zero attached hydrogens (tertiary/aromatic N) is 2. The summed E-state index contributed by atoms with van der Waals surface area (Å²) in [5.41, 5.74) is 1.19. The first-order valence-corrected chi connectivity index (χ1v) is 9.77. The van der Waals surface area contributed by atoms with Gasteiger partial charge in [-0.2, -0.15) is 5.10 Å². The van der Waals surface area contributed by atoms with E-state index in [0.29, 0.717) is 18.4 Å². The van der Waals surface area contributed by atoms with Crippen LogP contribution >= 0.6 is 0 Å². The van der Waals surface area contributed by atoms with E-state index in [0.717, 1.165) is 31.2 Å². The Kier molecular flexibility index (Phi) is 4.88. The maximum Gasteiger partial charge on any atom is 0.220 e. The van der Waals surface area contributed by atoms with Crippen LogP contribution in [-0.2, 0) is 11.2 Å². The Hall–Kier alpha value is -1.36. The molecule has 2 saturated carbocycles. The van der Waals surface area contributed by atoms with Crippen molar-refractivity contribution in [3.05, 3.63) is 18.0 Å². The third kappa shape index (κ3) is 4.00. The van der Waals surface area contributed by atoms with E-state index < -0.39 is 0 Å². The molecular weight excluding hydrogens is 300 g/mol. The van der Waals surface area contributed by atoms with Crippen LogP contribution in [0.4, 0.5) is 0 Å². The summed E-state index contributed by atoms with van der Waals surface area (Å²) < 4.78 is 0. The van der Waals surface area contributed by atoms with Crippen LogP contribution in [0.15, 0.2) is 12.4 Å². The van der Waals surface area contributed by atoms with Crippen molar-refractivity contribution in [2.45, 2.75) is 57.4 Å². The van der Waals surface area contributed by atoms with Gasteiger partial charge in [0.2, 0.25) is 5.91 Å². The Balaban J connectivity index is 1.23. The van der Waals surface area contributed by atoms with Crippen LogP contribution in [0.5, 0.6) is 0 Å². The van der Waals surface area contributed by atoms with Crippen molar-refractivity contribution in [3.8, 4) is 0 Å². The molecule has 132 valence electrons. The van der Waals surface area contributed by atoms with Crippen molar-refractivity contribution >= 4 is 5.91 Å². The zero-order valence-electron chi connectivity index (χ0n) is 14.5. The number of aromatic amines is 1. The predicted octanol–water partition coefficient (Wildman–Crippen LogP) is 2.36. The molecule has 1 amide bonds. The lowest BCUT2D eigenvalue weighted by Crippen LogP contribution is -2.41. The van der Waals surface area contributed by atoms with Crippen molar-refractivity contribution in [1.29, 1.82) is 0 Å². The van der Waals surface area contributed by atoms with Gasteiger partial charge in [-0.1, -0.05) is 6.42 Å². The molecule has 2 atom stereocenters. The second-order valence-electron chi connectivity index (χ2n) is 8.15. The third-order valence-electron chi connectivity index (χ3n) is 6.18. The van der Waals surface area contributed by atoms with Crippen molar-refractivity contribution in [2.24, 2.45) is 17.8 Å². The molecule has 0 aromatic carbocycles. The summed E-state index contributed by atoms with van der Waals surface area (Å²) in [4.78, 5) is 15.0. The van der Waals surface area contributed by atoms with Gasteiger partial charge in [-0.05, 0) is 61.8 Å². The fraction of sp³-hybridized carbons (Fsp3) is 0.789. The SMILES string of the molecule is O=C(CCCc1cn[nH]c1)N[C@H]1CN(CC2CCC2)C[C@@H]1C1CC1. The first kappa shape index (κ1) is 16.1. The molecule has 2 N–H and O–H groups in total. The number of carbonyl (C=O) groups is 1. The number of nitrogens with one attached hydrogen (secondary N) is 2. The average Bonchev–Trinajstić information content (AvgIpc) is 3.08. The molecule has 1 aromatic heterocycles. The van der Waals surface area contributed by atoms with E-state index in [2.05, 4.69) is 20.4 Å². The number of amides is 1. The molecule has 4 rings (SSSR count). The molecule has 2 aliphatic carbocycles. The predicted molar refractivity (Wildman–Crippen MR) is 93.5 cm³/mol. The number of H-pyrrole nitrogens is 1. The van der Waals surface area contributed by atoms with Crippen LogP contribution in [0.25, 0.3) is 0 Å². The fourth-order valence-electron chi connectivity index (χ4n) is 4.40. The van der Waals surface area contributed by atoms with Crippen molar-refractivity contribution in [2.75, 3.05) is 19.6 Å². The second-order valence-corrected chi connectivity index (χ2v) is 8.15. The highest BCUT2D eigenvalue weighted by Gasteiger charge is 2.43. The molecule has 5 nitrogen and oxygen atoms in total. The van der Waals surface area contributed by atoms with E-state index in [9.17, 15) is 4.79 Å². The molecular formula is C19H30N4O. The van der Waals surface area contributed by atoms with Gasteiger partial charge in [0.1, 0.15) is 0 Å².